The molecular weight excluding hydrogens is 168 g/mol. The van der Waals surface area contributed by atoms with Crippen LogP contribution in [0.25, 0.3) is 0 Å². The molecule has 0 aliphatic heterocycles. The monoisotopic (exact) mass is 197 g/mol. The molecule has 0 aromatic rings. The van der Waals surface area contributed by atoms with Gasteiger partial charge in [0.2, 0.25) is 0 Å². The summed E-state index contributed by atoms with van der Waals surface area (Å²) in [6.45, 7) is 15.7. The summed E-state index contributed by atoms with van der Waals surface area (Å²) < 4.78 is 0. The molecule has 14 heavy (non-hydrogen) atoms. The highest BCUT2D eigenvalue weighted by Crippen LogP contribution is 2.30. The minimum Gasteiger partial charge on any atom is -0.0651 e. The maximum atomic E-state index is 4.12. The van der Waals surface area contributed by atoms with Crippen molar-refractivity contribution in [1.29, 1.82) is 0 Å². The molecule has 0 aromatic heterocycles. The lowest BCUT2D eigenvalue weighted by atomic mass is 9.78. The van der Waals surface area contributed by atoms with E-state index in [2.05, 4.69) is 41.5 Å². The molecule has 0 amide bonds. The molecule has 3 unspecified atom stereocenters. The summed E-state index contributed by atoms with van der Waals surface area (Å²) in [5, 5.41) is 0. The molecule has 0 fully saturated rings. The Balaban J connectivity index is 4.14. The van der Waals surface area contributed by atoms with Gasteiger partial charge >= 0.3 is 0 Å². The van der Waals surface area contributed by atoms with E-state index in [1.165, 1.54) is 25.7 Å². The highest BCUT2D eigenvalue weighted by atomic mass is 14.3. The SMILES string of the molecule is [CH2]C(C)CC(CC)C(CC)CC(C)C. The van der Waals surface area contributed by atoms with Gasteiger partial charge in [0.05, 0.1) is 0 Å². The fraction of sp³-hybridized carbons (Fsp3) is 0.929. The van der Waals surface area contributed by atoms with E-state index >= 15 is 0 Å². The van der Waals surface area contributed by atoms with Crippen molar-refractivity contribution in [1.82, 2.24) is 0 Å². The van der Waals surface area contributed by atoms with Crippen LogP contribution in [0.5, 0.6) is 0 Å². The summed E-state index contributed by atoms with van der Waals surface area (Å²) in [6.07, 6.45) is 5.36. The molecule has 0 N–H and O–H groups in total. The number of rotatable bonds is 7. The second-order valence-electron chi connectivity index (χ2n) is 5.31. The van der Waals surface area contributed by atoms with Gasteiger partial charge in [0.1, 0.15) is 0 Å². The zero-order chi connectivity index (χ0) is 11.1. The summed E-state index contributed by atoms with van der Waals surface area (Å²) in [5.74, 6) is 3.27. The zero-order valence-corrected chi connectivity index (χ0v) is 10.8. The van der Waals surface area contributed by atoms with Gasteiger partial charge in [0.25, 0.3) is 0 Å². The summed E-state index contributed by atoms with van der Waals surface area (Å²) in [7, 11) is 0. The average Bonchev–Trinajstić information content (AvgIpc) is 2.10. The standard InChI is InChI=1S/C14H29/c1-7-13(9-11(3)4)14(8-2)10-12(5)6/h11-14H,3,7-10H2,1-2,4-6H3. The van der Waals surface area contributed by atoms with Crippen molar-refractivity contribution in [2.24, 2.45) is 23.7 Å². The minimum absolute atomic E-state index is 0.612. The van der Waals surface area contributed by atoms with Crippen LogP contribution >= 0.6 is 0 Å². The molecular formula is C14H29. The van der Waals surface area contributed by atoms with E-state index < -0.39 is 0 Å². The smallest absolute Gasteiger partial charge is 0.0386 e. The first-order chi connectivity index (χ1) is 6.51. The molecule has 0 saturated carbocycles. The van der Waals surface area contributed by atoms with Crippen LogP contribution in [0.4, 0.5) is 0 Å². The Labute approximate surface area is 91.5 Å². The summed E-state index contributed by atoms with van der Waals surface area (Å²) >= 11 is 0. The summed E-state index contributed by atoms with van der Waals surface area (Å²) in [5.41, 5.74) is 0. The van der Waals surface area contributed by atoms with E-state index in [1.807, 2.05) is 0 Å². The molecule has 0 spiro atoms. The van der Waals surface area contributed by atoms with Gasteiger partial charge in [-0.3, -0.25) is 0 Å². The number of hydrogen-bond donors (Lipinski definition) is 0. The van der Waals surface area contributed by atoms with Crippen molar-refractivity contribution in [2.45, 2.75) is 60.3 Å². The second kappa shape index (κ2) is 7.31. The predicted molar refractivity (Wildman–Crippen MR) is 66.2 cm³/mol. The Morgan fingerprint density at radius 2 is 1.29 bits per heavy atom. The lowest BCUT2D eigenvalue weighted by Crippen LogP contribution is -2.17. The largest absolute Gasteiger partial charge is 0.0651 e. The minimum atomic E-state index is 0.612. The average molecular weight is 197 g/mol. The van der Waals surface area contributed by atoms with Crippen LogP contribution in [0.15, 0.2) is 0 Å². The topological polar surface area (TPSA) is 0 Å². The summed E-state index contributed by atoms with van der Waals surface area (Å²) in [6, 6.07) is 0. The molecule has 3 atom stereocenters. The van der Waals surface area contributed by atoms with Crippen LogP contribution in [-0.2, 0) is 0 Å². The highest BCUT2D eigenvalue weighted by Gasteiger charge is 2.20. The van der Waals surface area contributed by atoms with Crippen molar-refractivity contribution in [2.75, 3.05) is 0 Å². The Kier molecular flexibility index (Phi) is 7.31. The van der Waals surface area contributed by atoms with Crippen LogP contribution in [0, 0.1) is 30.6 Å². The first-order valence-corrected chi connectivity index (χ1v) is 6.34. The zero-order valence-electron chi connectivity index (χ0n) is 10.8. The van der Waals surface area contributed by atoms with Gasteiger partial charge in [0.15, 0.2) is 0 Å². The van der Waals surface area contributed by atoms with Crippen LogP contribution in [0.1, 0.15) is 60.3 Å². The maximum absolute atomic E-state index is 4.12. The molecule has 0 rings (SSSR count). The van der Waals surface area contributed by atoms with E-state index in [0.29, 0.717) is 5.92 Å². The van der Waals surface area contributed by atoms with E-state index in [4.69, 9.17) is 0 Å². The highest BCUT2D eigenvalue weighted by molar-refractivity contribution is 4.72. The Hall–Kier alpha value is 0. The molecule has 0 saturated heterocycles. The van der Waals surface area contributed by atoms with Crippen LogP contribution in [-0.4, -0.2) is 0 Å². The Bertz CT molecular complexity index is 108. The first kappa shape index (κ1) is 14.0. The van der Waals surface area contributed by atoms with Gasteiger partial charge in [-0.15, -0.1) is 0 Å². The van der Waals surface area contributed by atoms with Crippen molar-refractivity contribution >= 4 is 0 Å². The van der Waals surface area contributed by atoms with Crippen molar-refractivity contribution < 1.29 is 0 Å². The van der Waals surface area contributed by atoms with Crippen LogP contribution in [0.3, 0.4) is 0 Å². The van der Waals surface area contributed by atoms with Gasteiger partial charge in [-0.05, 0) is 36.5 Å². The van der Waals surface area contributed by atoms with Crippen molar-refractivity contribution in [3.05, 3.63) is 6.92 Å². The third kappa shape index (κ3) is 5.67. The lowest BCUT2D eigenvalue weighted by molar-refractivity contribution is 0.236. The third-order valence-electron chi connectivity index (χ3n) is 3.19. The first-order valence-electron chi connectivity index (χ1n) is 6.34. The molecule has 0 heteroatoms. The van der Waals surface area contributed by atoms with E-state index in [0.717, 1.165) is 17.8 Å². The summed E-state index contributed by atoms with van der Waals surface area (Å²) in [4.78, 5) is 0. The molecule has 0 nitrogen and oxygen atoms in total. The fourth-order valence-electron chi connectivity index (χ4n) is 2.51. The third-order valence-corrected chi connectivity index (χ3v) is 3.19. The van der Waals surface area contributed by atoms with E-state index in [1.54, 1.807) is 0 Å². The van der Waals surface area contributed by atoms with Crippen molar-refractivity contribution in [3.8, 4) is 0 Å². The molecule has 0 heterocycles. The van der Waals surface area contributed by atoms with Gasteiger partial charge in [0, 0.05) is 0 Å². The molecule has 0 aliphatic carbocycles. The van der Waals surface area contributed by atoms with Crippen LogP contribution in [0.2, 0.25) is 0 Å². The molecule has 1 radical (unpaired) electrons. The van der Waals surface area contributed by atoms with Crippen LogP contribution < -0.4 is 0 Å². The molecule has 0 bridgehead atoms. The molecule has 0 aromatic carbocycles. The quantitative estimate of drug-likeness (QED) is 0.542. The number of hydrogen-bond acceptors (Lipinski definition) is 0. The van der Waals surface area contributed by atoms with Gasteiger partial charge in [-0.1, -0.05) is 54.4 Å². The van der Waals surface area contributed by atoms with Gasteiger partial charge in [-0.2, -0.15) is 0 Å². The Morgan fingerprint density at radius 1 is 0.857 bits per heavy atom. The molecule has 0 aliphatic rings. The Morgan fingerprint density at radius 3 is 1.57 bits per heavy atom. The second-order valence-corrected chi connectivity index (χ2v) is 5.31. The predicted octanol–water partition coefficient (Wildman–Crippen LogP) is 4.95. The normalized spacial score (nSPS) is 16.3. The molecule has 85 valence electrons. The van der Waals surface area contributed by atoms with E-state index in [-0.39, 0.29) is 0 Å². The fourth-order valence-corrected chi connectivity index (χ4v) is 2.51. The maximum Gasteiger partial charge on any atom is -0.0386 e. The van der Waals surface area contributed by atoms with Gasteiger partial charge < -0.3 is 0 Å². The lowest BCUT2D eigenvalue weighted by Gasteiger charge is -2.28. The van der Waals surface area contributed by atoms with Crippen molar-refractivity contribution in [3.63, 3.8) is 0 Å². The van der Waals surface area contributed by atoms with E-state index in [9.17, 15) is 0 Å². The van der Waals surface area contributed by atoms with Gasteiger partial charge in [-0.25, -0.2) is 0 Å².